The molecule has 0 aliphatic heterocycles. The lowest BCUT2D eigenvalue weighted by molar-refractivity contribution is 0.630. The van der Waals surface area contributed by atoms with E-state index in [0.717, 1.165) is 6.42 Å². The van der Waals surface area contributed by atoms with Gasteiger partial charge in [0.1, 0.15) is 11.5 Å². The number of para-hydroxylation sites is 1. The summed E-state index contributed by atoms with van der Waals surface area (Å²) in [4.78, 5) is 3.94. The largest absolute Gasteiger partial charge is 0.387 e. The SMILES string of the molecule is CCCC(N)=Nc1c(F)cccc1Cl. The smallest absolute Gasteiger partial charge is 0.150 e. The van der Waals surface area contributed by atoms with Crippen molar-refractivity contribution in [2.75, 3.05) is 0 Å². The normalized spacial score (nSPS) is 11.8. The maximum Gasteiger partial charge on any atom is 0.150 e. The highest BCUT2D eigenvalue weighted by molar-refractivity contribution is 6.33. The van der Waals surface area contributed by atoms with E-state index in [1.54, 1.807) is 6.07 Å². The van der Waals surface area contributed by atoms with Crippen molar-refractivity contribution in [3.05, 3.63) is 29.0 Å². The van der Waals surface area contributed by atoms with Gasteiger partial charge >= 0.3 is 0 Å². The molecule has 76 valence electrons. The minimum Gasteiger partial charge on any atom is -0.387 e. The molecule has 0 aromatic heterocycles. The van der Waals surface area contributed by atoms with Gasteiger partial charge in [-0.2, -0.15) is 0 Å². The fraction of sp³-hybridized carbons (Fsp3) is 0.300. The van der Waals surface area contributed by atoms with Crippen molar-refractivity contribution in [2.24, 2.45) is 10.7 Å². The number of hydrogen-bond acceptors (Lipinski definition) is 1. The summed E-state index contributed by atoms with van der Waals surface area (Å²) in [5, 5.41) is 0.282. The van der Waals surface area contributed by atoms with Crippen LogP contribution in [0.4, 0.5) is 10.1 Å². The van der Waals surface area contributed by atoms with E-state index in [0.29, 0.717) is 12.3 Å². The lowest BCUT2D eigenvalue weighted by atomic mass is 10.3. The molecule has 1 aromatic carbocycles. The molecular formula is C10H12ClFN2. The summed E-state index contributed by atoms with van der Waals surface area (Å²) in [7, 11) is 0. The summed E-state index contributed by atoms with van der Waals surface area (Å²) in [6.45, 7) is 1.98. The fourth-order valence-corrected chi connectivity index (χ4v) is 1.26. The highest BCUT2D eigenvalue weighted by Gasteiger charge is 2.05. The van der Waals surface area contributed by atoms with E-state index in [1.165, 1.54) is 12.1 Å². The fourth-order valence-electron chi connectivity index (χ4n) is 1.05. The third-order valence-electron chi connectivity index (χ3n) is 1.70. The lowest BCUT2D eigenvalue weighted by Crippen LogP contribution is -2.10. The van der Waals surface area contributed by atoms with Crippen LogP contribution in [-0.4, -0.2) is 5.84 Å². The zero-order valence-electron chi connectivity index (χ0n) is 7.93. The molecule has 2 nitrogen and oxygen atoms in total. The van der Waals surface area contributed by atoms with Crippen LogP contribution in [0.15, 0.2) is 23.2 Å². The van der Waals surface area contributed by atoms with Crippen molar-refractivity contribution in [1.82, 2.24) is 0 Å². The number of rotatable bonds is 3. The van der Waals surface area contributed by atoms with Gasteiger partial charge in [0, 0.05) is 6.42 Å². The van der Waals surface area contributed by atoms with Gasteiger partial charge in [0.25, 0.3) is 0 Å². The Morgan fingerprint density at radius 2 is 2.29 bits per heavy atom. The number of nitrogens with two attached hydrogens (primary N) is 1. The maximum absolute atomic E-state index is 13.2. The first-order valence-electron chi connectivity index (χ1n) is 4.42. The topological polar surface area (TPSA) is 38.4 Å². The van der Waals surface area contributed by atoms with Crippen molar-refractivity contribution in [2.45, 2.75) is 19.8 Å². The number of nitrogens with zero attached hydrogens (tertiary/aromatic N) is 1. The van der Waals surface area contributed by atoms with Crippen molar-refractivity contribution in [1.29, 1.82) is 0 Å². The molecule has 0 spiro atoms. The van der Waals surface area contributed by atoms with Crippen molar-refractivity contribution < 1.29 is 4.39 Å². The standard InChI is InChI=1S/C10H12ClFN2/c1-2-4-9(13)14-10-7(11)5-3-6-8(10)12/h3,5-6H,2,4H2,1H3,(H2,13,14). The summed E-state index contributed by atoms with van der Waals surface area (Å²) in [5.41, 5.74) is 5.70. The van der Waals surface area contributed by atoms with E-state index < -0.39 is 5.82 Å². The number of amidine groups is 1. The number of hydrogen-bond donors (Lipinski definition) is 1. The second-order valence-corrected chi connectivity index (χ2v) is 3.33. The van der Waals surface area contributed by atoms with Gasteiger partial charge in [-0.3, -0.25) is 0 Å². The first-order valence-corrected chi connectivity index (χ1v) is 4.80. The zero-order valence-corrected chi connectivity index (χ0v) is 8.68. The van der Waals surface area contributed by atoms with Crippen LogP contribution in [0.2, 0.25) is 5.02 Å². The Morgan fingerprint density at radius 1 is 1.57 bits per heavy atom. The van der Waals surface area contributed by atoms with Gasteiger partial charge < -0.3 is 5.73 Å². The molecule has 1 aromatic rings. The van der Waals surface area contributed by atoms with E-state index in [-0.39, 0.29) is 10.7 Å². The minimum absolute atomic E-state index is 0.125. The number of halogens is 2. The van der Waals surface area contributed by atoms with Crippen LogP contribution in [0.25, 0.3) is 0 Å². The molecule has 14 heavy (non-hydrogen) atoms. The summed E-state index contributed by atoms with van der Waals surface area (Å²) in [5.74, 6) is -0.0453. The molecule has 0 saturated heterocycles. The van der Waals surface area contributed by atoms with Crippen molar-refractivity contribution >= 4 is 23.1 Å². The van der Waals surface area contributed by atoms with E-state index in [2.05, 4.69) is 4.99 Å². The van der Waals surface area contributed by atoms with Gasteiger partial charge in [0.15, 0.2) is 0 Å². The van der Waals surface area contributed by atoms with Crippen LogP contribution in [0.1, 0.15) is 19.8 Å². The van der Waals surface area contributed by atoms with Gasteiger partial charge in [-0.15, -0.1) is 0 Å². The average molecular weight is 215 g/mol. The predicted molar refractivity (Wildman–Crippen MR) is 57.6 cm³/mol. The van der Waals surface area contributed by atoms with Crippen molar-refractivity contribution in [3.63, 3.8) is 0 Å². The first kappa shape index (κ1) is 11.0. The number of benzene rings is 1. The molecule has 0 atom stereocenters. The molecule has 0 fully saturated rings. The monoisotopic (exact) mass is 214 g/mol. The van der Waals surface area contributed by atoms with E-state index in [9.17, 15) is 4.39 Å². The third kappa shape index (κ3) is 2.70. The quantitative estimate of drug-likeness (QED) is 0.609. The molecule has 0 saturated carbocycles. The van der Waals surface area contributed by atoms with Gasteiger partial charge in [0.05, 0.1) is 10.9 Å². The predicted octanol–water partition coefficient (Wildman–Crippen LogP) is 3.27. The Morgan fingerprint density at radius 3 is 2.86 bits per heavy atom. The number of aliphatic imine (C=N–C) groups is 1. The van der Waals surface area contributed by atoms with Crippen LogP contribution >= 0.6 is 11.6 Å². The highest BCUT2D eigenvalue weighted by Crippen LogP contribution is 2.27. The first-order chi connectivity index (χ1) is 6.65. The zero-order chi connectivity index (χ0) is 10.6. The highest BCUT2D eigenvalue weighted by atomic mass is 35.5. The molecule has 0 radical (unpaired) electrons. The Hall–Kier alpha value is -1.09. The summed E-state index contributed by atoms with van der Waals surface area (Å²) < 4.78 is 13.2. The molecular weight excluding hydrogens is 203 g/mol. The summed E-state index contributed by atoms with van der Waals surface area (Å²) in [6.07, 6.45) is 1.52. The maximum atomic E-state index is 13.2. The molecule has 0 amide bonds. The van der Waals surface area contributed by atoms with Gasteiger partial charge in [-0.1, -0.05) is 24.6 Å². The van der Waals surface area contributed by atoms with E-state index in [4.69, 9.17) is 17.3 Å². The molecule has 4 heteroatoms. The minimum atomic E-state index is -0.448. The molecule has 0 bridgehead atoms. The van der Waals surface area contributed by atoms with Gasteiger partial charge in [-0.25, -0.2) is 9.38 Å². The van der Waals surface area contributed by atoms with Crippen LogP contribution in [0.3, 0.4) is 0 Å². The van der Waals surface area contributed by atoms with Crippen LogP contribution in [0, 0.1) is 5.82 Å². The second kappa shape index (κ2) is 4.96. The van der Waals surface area contributed by atoms with Gasteiger partial charge in [0.2, 0.25) is 0 Å². The van der Waals surface area contributed by atoms with Crippen LogP contribution in [-0.2, 0) is 0 Å². The lowest BCUT2D eigenvalue weighted by Gasteiger charge is -2.01. The molecule has 0 aliphatic carbocycles. The van der Waals surface area contributed by atoms with Gasteiger partial charge in [-0.05, 0) is 18.6 Å². The van der Waals surface area contributed by atoms with Crippen LogP contribution < -0.4 is 5.73 Å². The Balaban J connectivity index is 3.01. The molecule has 0 unspecified atom stereocenters. The van der Waals surface area contributed by atoms with Crippen molar-refractivity contribution in [3.8, 4) is 0 Å². The van der Waals surface area contributed by atoms with E-state index >= 15 is 0 Å². The average Bonchev–Trinajstić information content (AvgIpc) is 2.12. The Bertz CT molecular complexity index is 330. The Kier molecular flexibility index (Phi) is 3.89. The van der Waals surface area contributed by atoms with E-state index in [1.807, 2.05) is 6.92 Å². The third-order valence-corrected chi connectivity index (χ3v) is 2.00. The molecule has 1 rings (SSSR count). The summed E-state index contributed by atoms with van der Waals surface area (Å²) in [6, 6.07) is 4.43. The molecule has 0 aliphatic rings. The Labute approximate surface area is 87.6 Å². The molecule has 0 heterocycles. The summed E-state index contributed by atoms with van der Waals surface area (Å²) >= 11 is 5.77. The molecule has 2 N–H and O–H groups in total. The second-order valence-electron chi connectivity index (χ2n) is 2.92. The van der Waals surface area contributed by atoms with Crippen LogP contribution in [0.5, 0.6) is 0 Å².